The largest absolute Gasteiger partial charge is 0.294 e. The average molecular weight is 284 g/mol. The van der Waals surface area contributed by atoms with E-state index in [9.17, 15) is 10.1 Å². The number of aryl methyl sites for hydroxylation is 1. The van der Waals surface area contributed by atoms with Crippen molar-refractivity contribution in [2.24, 2.45) is 0 Å². The van der Waals surface area contributed by atoms with Crippen molar-refractivity contribution in [2.45, 2.75) is 19.3 Å². The van der Waals surface area contributed by atoms with E-state index in [0.717, 1.165) is 11.1 Å². The molecular weight excluding hydrogens is 270 g/mol. The van der Waals surface area contributed by atoms with Crippen molar-refractivity contribution in [3.05, 3.63) is 70.2 Å². The predicted octanol–water partition coefficient (Wildman–Crippen LogP) is 4.53. The van der Waals surface area contributed by atoms with Crippen LogP contribution in [0.3, 0.4) is 0 Å². The van der Waals surface area contributed by atoms with Crippen LogP contribution in [0.15, 0.2) is 48.5 Å². The van der Waals surface area contributed by atoms with E-state index < -0.39 is 5.92 Å². The molecule has 0 aliphatic heterocycles. The highest BCUT2D eigenvalue weighted by Gasteiger charge is 2.16. The van der Waals surface area contributed by atoms with E-state index in [-0.39, 0.29) is 12.2 Å². The summed E-state index contributed by atoms with van der Waals surface area (Å²) in [5.74, 6) is -0.463. The lowest BCUT2D eigenvalue weighted by Crippen LogP contribution is -2.06. The van der Waals surface area contributed by atoms with Gasteiger partial charge in [-0.15, -0.1) is 0 Å². The fourth-order valence-corrected chi connectivity index (χ4v) is 2.18. The van der Waals surface area contributed by atoms with Crippen LogP contribution in [-0.2, 0) is 0 Å². The Morgan fingerprint density at radius 3 is 2.55 bits per heavy atom. The highest BCUT2D eigenvalue weighted by atomic mass is 35.5. The van der Waals surface area contributed by atoms with E-state index in [4.69, 9.17) is 11.6 Å². The summed E-state index contributed by atoms with van der Waals surface area (Å²) in [6.45, 7) is 1.94. The maximum absolute atomic E-state index is 12.2. The van der Waals surface area contributed by atoms with Crippen molar-refractivity contribution >= 4 is 17.4 Å². The maximum Gasteiger partial charge on any atom is 0.164 e. The Bertz CT molecular complexity index is 655. The number of nitrogens with zero attached hydrogens (tertiary/aromatic N) is 1. The number of hydrogen-bond donors (Lipinski definition) is 0. The predicted molar refractivity (Wildman–Crippen MR) is 79.9 cm³/mol. The van der Waals surface area contributed by atoms with Gasteiger partial charge in [-0.2, -0.15) is 5.26 Å². The number of Topliss-reactive ketones (excluding diaryl/α,β-unsaturated/α-hetero) is 1. The lowest BCUT2D eigenvalue weighted by atomic mass is 9.92. The van der Waals surface area contributed by atoms with Gasteiger partial charge in [-0.25, -0.2) is 0 Å². The minimum absolute atomic E-state index is 0.0183. The third-order valence-electron chi connectivity index (χ3n) is 3.16. The third kappa shape index (κ3) is 3.46. The number of rotatable bonds is 4. The van der Waals surface area contributed by atoms with Crippen LogP contribution in [0.5, 0.6) is 0 Å². The summed E-state index contributed by atoms with van der Waals surface area (Å²) in [5.41, 5.74) is 2.51. The second-order valence-corrected chi connectivity index (χ2v) is 5.17. The van der Waals surface area contributed by atoms with Crippen LogP contribution in [0.25, 0.3) is 0 Å². The van der Waals surface area contributed by atoms with E-state index in [0.29, 0.717) is 10.6 Å². The van der Waals surface area contributed by atoms with Gasteiger partial charge in [0.05, 0.1) is 12.0 Å². The molecule has 100 valence electrons. The number of carbonyl (C=O) groups excluding carboxylic acids is 1. The Kier molecular flexibility index (Phi) is 4.55. The van der Waals surface area contributed by atoms with Gasteiger partial charge in [-0.3, -0.25) is 4.79 Å². The van der Waals surface area contributed by atoms with Gasteiger partial charge in [0.15, 0.2) is 5.78 Å². The lowest BCUT2D eigenvalue weighted by Gasteiger charge is -2.09. The fourth-order valence-electron chi connectivity index (χ4n) is 2.05. The van der Waals surface area contributed by atoms with Gasteiger partial charge in [-0.1, -0.05) is 47.5 Å². The molecule has 0 fully saturated rings. The summed E-state index contributed by atoms with van der Waals surface area (Å²) in [6, 6.07) is 16.7. The van der Waals surface area contributed by atoms with Gasteiger partial charge in [-0.05, 0) is 30.7 Å². The Morgan fingerprint density at radius 1 is 1.25 bits per heavy atom. The molecule has 0 amide bonds. The molecular formula is C17H14ClNO. The Morgan fingerprint density at radius 2 is 1.95 bits per heavy atom. The maximum atomic E-state index is 12.2. The molecule has 1 atom stereocenters. The molecule has 0 heterocycles. The molecule has 0 aliphatic rings. The highest BCUT2D eigenvalue weighted by Crippen LogP contribution is 2.23. The number of ketones is 1. The topological polar surface area (TPSA) is 40.9 Å². The highest BCUT2D eigenvalue weighted by molar-refractivity contribution is 6.30. The number of carbonyl (C=O) groups is 1. The summed E-state index contributed by atoms with van der Waals surface area (Å²) < 4.78 is 0. The second kappa shape index (κ2) is 6.36. The summed E-state index contributed by atoms with van der Waals surface area (Å²) in [5, 5.41) is 9.88. The van der Waals surface area contributed by atoms with Crippen molar-refractivity contribution in [3.8, 4) is 6.07 Å². The first-order valence-electron chi connectivity index (χ1n) is 6.35. The molecule has 0 aromatic heterocycles. The molecule has 2 nitrogen and oxygen atoms in total. The van der Waals surface area contributed by atoms with Crippen LogP contribution in [0.4, 0.5) is 0 Å². The molecule has 0 unspecified atom stereocenters. The number of nitriles is 1. The van der Waals surface area contributed by atoms with Gasteiger partial charge in [0.25, 0.3) is 0 Å². The standard InChI is InChI=1S/C17H14ClNO/c1-12-3-2-4-14(9-12)17(20)10-15(11-19)13-5-7-16(18)8-6-13/h2-9,15H,10H2,1H3/t15-/m1/s1. The molecule has 0 bridgehead atoms. The first-order valence-corrected chi connectivity index (χ1v) is 6.73. The fraction of sp³-hybridized carbons (Fsp3) is 0.176. The van der Waals surface area contributed by atoms with E-state index in [1.54, 1.807) is 30.3 Å². The second-order valence-electron chi connectivity index (χ2n) is 4.73. The average Bonchev–Trinajstić information content (AvgIpc) is 2.45. The third-order valence-corrected chi connectivity index (χ3v) is 3.41. The lowest BCUT2D eigenvalue weighted by molar-refractivity contribution is 0.0979. The molecule has 2 aromatic rings. The Hall–Kier alpha value is -2.11. The Balaban J connectivity index is 2.17. The van der Waals surface area contributed by atoms with Crippen LogP contribution in [0.1, 0.15) is 33.8 Å². The SMILES string of the molecule is Cc1cccc(C(=O)C[C@H](C#N)c2ccc(Cl)cc2)c1. The van der Waals surface area contributed by atoms with Gasteiger partial charge < -0.3 is 0 Å². The number of benzene rings is 2. The van der Waals surface area contributed by atoms with Gasteiger partial charge >= 0.3 is 0 Å². The van der Waals surface area contributed by atoms with Crippen molar-refractivity contribution in [1.82, 2.24) is 0 Å². The van der Waals surface area contributed by atoms with Crippen molar-refractivity contribution in [2.75, 3.05) is 0 Å². The Labute approximate surface area is 123 Å². The molecule has 0 spiro atoms. The van der Waals surface area contributed by atoms with Crippen LogP contribution in [0.2, 0.25) is 5.02 Å². The molecule has 0 radical (unpaired) electrons. The minimum Gasteiger partial charge on any atom is -0.294 e. The molecule has 20 heavy (non-hydrogen) atoms. The van der Waals surface area contributed by atoms with Crippen LogP contribution < -0.4 is 0 Å². The minimum atomic E-state index is -0.444. The number of hydrogen-bond acceptors (Lipinski definition) is 2. The van der Waals surface area contributed by atoms with Crippen molar-refractivity contribution in [3.63, 3.8) is 0 Å². The molecule has 0 saturated heterocycles. The summed E-state index contributed by atoms with van der Waals surface area (Å²) in [4.78, 5) is 12.2. The first kappa shape index (κ1) is 14.3. The zero-order valence-electron chi connectivity index (χ0n) is 11.1. The van der Waals surface area contributed by atoms with Crippen LogP contribution in [-0.4, -0.2) is 5.78 Å². The van der Waals surface area contributed by atoms with Crippen molar-refractivity contribution < 1.29 is 4.79 Å². The normalized spacial score (nSPS) is 11.7. The molecule has 3 heteroatoms. The van der Waals surface area contributed by atoms with Crippen LogP contribution >= 0.6 is 11.6 Å². The zero-order chi connectivity index (χ0) is 14.5. The number of halogens is 1. The van der Waals surface area contributed by atoms with Crippen molar-refractivity contribution in [1.29, 1.82) is 5.26 Å². The smallest absolute Gasteiger partial charge is 0.164 e. The summed E-state index contributed by atoms with van der Waals surface area (Å²) in [6.07, 6.45) is 0.182. The first-order chi connectivity index (χ1) is 9.60. The zero-order valence-corrected chi connectivity index (χ0v) is 11.9. The van der Waals surface area contributed by atoms with E-state index in [2.05, 4.69) is 6.07 Å². The van der Waals surface area contributed by atoms with Gasteiger partial charge in [0.2, 0.25) is 0 Å². The molecule has 0 aliphatic carbocycles. The summed E-state index contributed by atoms with van der Waals surface area (Å²) >= 11 is 5.83. The molecule has 2 rings (SSSR count). The molecule has 0 N–H and O–H groups in total. The van der Waals surface area contributed by atoms with Crippen LogP contribution in [0, 0.1) is 18.3 Å². The van der Waals surface area contributed by atoms with E-state index >= 15 is 0 Å². The quantitative estimate of drug-likeness (QED) is 0.774. The summed E-state index contributed by atoms with van der Waals surface area (Å²) in [7, 11) is 0. The monoisotopic (exact) mass is 283 g/mol. The molecule has 2 aromatic carbocycles. The van der Waals surface area contributed by atoms with Gasteiger partial charge in [0.1, 0.15) is 0 Å². The van der Waals surface area contributed by atoms with E-state index in [1.807, 2.05) is 25.1 Å². The molecule has 0 saturated carbocycles. The van der Waals surface area contributed by atoms with Gasteiger partial charge in [0, 0.05) is 17.0 Å². The van der Waals surface area contributed by atoms with E-state index in [1.165, 1.54) is 0 Å².